The number of hydrogen-bond donors (Lipinski definition) is 0. The number of halogens is 1. The largest absolute Gasteiger partial charge is 0.366 e. The first-order valence-corrected chi connectivity index (χ1v) is 9.69. The van der Waals surface area contributed by atoms with Crippen molar-refractivity contribution < 1.29 is 8.42 Å². The van der Waals surface area contributed by atoms with Crippen LogP contribution in [0, 0.1) is 0 Å². The highest BCUT2D eigenvalue weighted by molar-refractivity contribution is 7.91. The van der Waals surface area contributed by atoms with Crippen molar-refractivity contribution in [3.05, 3.63) is 46.8 Å². The van der Waals surface area contributed by atoms with Crippen molar-refractivity contribution in [2.45, 2.75) is 17.2 Å². The lowest BCUT2D eigenvalue weighted by atomic mass is 10.2. The molecule has 2 aromatic rings. The number of benzene rings is 1. The third-order valence-corrected chi connectivity index (χ3v) is 7.38. The molecule has 4 nitrogen and oxygen atoms in total. The summed E-state index contributed by atoms with van der Waals surface area (Å²) in [4.78, 5) is 2.24. The second kappa shape index (κ2) is 6.20. The summed E-state index contributed by atoms with van der Waals surface area (Å²) >= 11 is 6.97. The Bertz CT molecular complexity index is 746. The Labute approximate surface area is 140 Å². The molecule has 0 bridgehead atoms. The van der Waals surface area contributed by atoms with Gasteiger partial charge in [-0.25, -0.2) is 8.42 Å². The maximum Gasteiger partial charge on any atom is 0.252 e. The van der Waals surface area contributed by atoms with E-state index in [-0.39, 0.29) is 6.04 Å². The normalized spacial score (nSPS) is 20.3. The molecule has 1 fully saturated rings. The zero-order chi connectivity index (χ0) is 15.7. The molecular weight excluding hydrogens is 340 g/mol. The standard InChI is InChI=1S/C15H17ClN2O2S2/c1-12-11-17(22(19,20)15-8-7-14(16)21-15)9-10-18(12)13-5-3-2-4-6-13/h2-8,12H,9-11H2,1H3. The summed E-state index contributed by atoms with van der Waals surface area (Å²) in [6.07, 6.45) is 0. The number of nitrogens with zero attached hydrogens (tertiary/aromatic N) is 2. The number of rotatable bonds is 3. The topological polar surface area (TPSA) is 40.6 Å². The first kappa shape index (κ1) is 15.8. The van der Waals surface area contributed by atoms with Crippen molar-refractivity contribution >= 4 is 38.6 Å². The summed E-state index contributed by atoms with van der Waals surface area (Å²) in [7, 11) is -3.44. The second-order valence-corrected chi connectivity index (χ2v) is 9.18. The summed E-state index contributed by atoms with van der Waals surface area (Å²) in [5.74, 6) is 0. The van der Waals surface area contributed by atoms with Crippen molar-refractivity contribution in [3.63, 3.8) is 0 Å². The van der Waals surface area contributed by atoms with Crippen LogP contribution in [-0.4, -0.2) is 38.4 Å². The van der Waals surface area contributed by atoms with Crippen LogP contribution in [0.3, 0.4) is 0 Å². The van der Waals surface area contributed by atoms with Crippen molar-refractivity contribution in [2.24, 2.45) is 0 Å². The minimum Gasteiger partial charge on any atom is -0.366 e. The molecule has 2 heterocycles. The van der Waals surface area contributed by atoms with E-state index in [0.29, 0.717) is 28.2 Å². The Hall–Kier alpha value is -1.08. The molecule has 1 aromatic heterocycles. The summed E-state index contributed by atoms with van der Waals surface area (Å²) in [6, 6.07) is 13.4. The molecule has 118 valence electrons. The average Bonchev–Trinajstić information content (AvgIpc) is 2.95. The average molecular weight is 357 g/mol. The molecule has 1 unspecified atom stereocenters. The van der Waals surface area contributed by atoms with E-state index in [0.717, 1.165) is 17.0 Å². The van der Waals surface area contributed by atoms with Gasteiger partial charge in [-0.1, -0.05) is 29.8 Å². The van der Waals surface area contributed by atoms with Crippen LogP contribution in [0.4, 0.5) is 5.69 Å². The molecule has 22 heavy (non-hydrogen) atoms. The lowest BCUT2D eigenvalue weighted by Crippen LogP contribution is -2.53. The first-order chi connectivity index (χ1) is 10.5. The first-order valence-electron chi connectivity index (χ1n) is 7.05. The van der Waals surface area contributed by atoms with E-state index < -0.39 is 10.0 Å². The van der Waals surface area contributed by atoms with Crippen LogP contribution in [0.2, 0.25) is 4.34 Å². The van der Waals surface area contributed by atoms with Crippen molar-refractivity contribution in [1.29, 1.82) is 0 Å². The smallest absolute Gasteiger partial charge is 0.252 e. The van der Waals surface area contributed by atoms with Gasteiger partial charge in [0, 0.05) is 31.4 Å². The zero-order valence-corrected chi connectivity index (χ0v) is 14.5. The van der Waals surface area contributed by atoms with Gasteiger partial charge in [0.2, 0.25) is 0 Å². The van der Waals surface area contributed by atoms with E-state index in [4.69, 9.17) is 11.6 Å². The fourth-order valence-corrected chi connectivity index (χ4v) is 5.86. The molecule has 1 aromatic carbocycles. The van der Waals surface area contributed by atoms with Crippen molar-refractivity contribution in [2.75, 3.05) is 24.5 Å². The SMILES string of the molecule is CC1CN(S(=O)(=O)c2ccc(Cl)s2)CCN1c1ccccc1. The van der Waals surface area contributed by atoms with Crippen LogP contribution in [-0.2, 0) is 10.0 Å². The van der Waals surface area contributed by atoms with Gasteiger partial charge in [-0.05, 0) is 31.2 Å². The van der Waals surface area contributed by atoms with Crippen LogP contribution < -0.4 is 4.90 Å². The van der Waals surface area contributed by atoms with Gasteiger partial charge in [0.25, 0.3) is 10.0 Å². The highest BCUT2D eigenvalue weighted by atomic mass is 35.5. The zero-order valence-electron chi connectivity index (χ0n) is 12.1. The molecule has 0 radical (unpaired) electrons. The summed E-state index contributed by atoms with van der Waals surface area (Å²) in [5.41, 5.74) is 1.13. The van der Waals surface area contributed by atoms with E-state index >= 15 is 0 Å². The second-order valence-electron chi connectivity index (χ2n) is 5.30. The lowest BCUT2D eigenvalue weighted by molar-refractivity contribution is 0.343. The predicted octanol–water partition coefficient (Wildman–Crippen LogP) is 3.30. The highest BCUT2D eigenvalue weighted by Gasteiger charge is 2.33. The Kier molecular flexibility index (Phi) is 4.45. The number of anilines is 1. The number of thiophene rings is 1. The fraction of sp³-hybridized carbons (Fsp3) is 0.333. The van der Waals surface area contributed by atoms with E-state index in [9.17, 15) is 8.42 Å². The molecule has 3 rings (SSSR count). The van der Waals surface area contributed by atoms with Gasteiger partial charge in [-0.2, -0.15) is 4.31 Å². The van der Waals surface area contributed by atoms with Gasteiger partial charge in [0.1, 0.15) is 4.21 Å². The third kappa shape index (κ3) is 3.01. The Morgan fingerprint density at radius 3 is 2.45 bits per heavy atom. The van der Waals surface area contributed by atoms with Gasteiger partial charge in [0.05, 0.1) is 4.34 Å². The van der Waals surface area contributed by atoms with E-state index in [1.807, 2.05) is 18.2 Å². The Morgan fingerprint density at radius 2 is 1.86 bits per heavy atom. The summed E-state index contributed by atoms with van der Waals surface area (Å²) < 4.78 is 27.7. The predicted molar refractivity (Wildman–Crippen MR) is 91.3 cm³/mol. The number of hydrogen-bond acceptors (Lipinski definition) is 4. The molecule has 1 saturated heterocycles. The van der Waals surface area contributed by atoms with Gasteiger partial charge < -0.3 is 4.90 Å². The van der Waals surface area contributed by atoms with Crippen LogP contribution in [0.5, 0.6) is 0 Å². The molecule has 1 atom stereocenters. The lowest BCUT2D eigenvalue weighted by Gasteiger charge is -2.40. The molecule has 0 aliphatic carbocycles. The van der Waals surface area contributed by atoms with Gasteiger partial charge in [-0.3, -0.25) is 0 Å². The molecule has 0 spiro atoms. The van der Waals surface area contributed by atoms with Gasteiger partial charge >= 0.3 is 0 Å². The molecule has 1 aliphatic rings. The minimum absolute atomic E-state index is 0.126. The molecule has 0 amide bonds. The maximum absolute atomic E-state index is 12.6. The number of para-hydroxylation sites is 1. The van der Waals surface area contributed by atoms with Crippen molar-refractivity contribution in [3.8, 4) is 0 Å². The molecular formula is C15H17ClN2O2S2. The molecule has 1 aliphatic heterocycles. The monoisotopic (exact) mass is 356 g/mol. The van der Waals surface area contributed by atoms with Crippen LogP contribution in [0.15, 0.2) is 46.7 Å². The highest BCUT2D eigenvalue weighted by Crippen LogP contribution is 2.30. The molecule has 0 saturated carbocycles. The van der Waals surface area contributed by atoms with Gasteiger partial charge in [-0.15, -0.1) is 11.3 Å². The fourth-order valence-electron chi connectivity index (χ4n) is 2.71. The van der Waals surface area contributed by atoms with Gasteiger partial charge in [0.15, 0.2) is 0 Å². The molecule has 0 N–H and O–H groups in total. The Morgan fingerprint density at radius 1 is 1.14 bits per heavy atom. The summed E-state index contributed by atoms with van der Waals surface area (Å²) in [6.45, 7) is 3.70. The number of sulfonamides is 1. The van der Waals surface area contributed by atoms with E-state index in [2.05, 4.69) is 24.0 Å². The Balaban J connectivity index is 1.78. The van der Waals surface area contributed by atoms with E-state index in [1.54, 1.807) is 16.4 Å². The van der Waals surface area contributed by atoms with E-state index in [1.165, 1.54) is 0 Å². The molecule has 7 heteroatoms. The third-order valence-electron chi connectivity index (χ3n) is 3.82. The quantitative estimate of drug-likeness (QED) is 0.847. The van der Waals surface area contributed by atoms with Crippen LogP contribution >= 0.6 is 22.9 Å². The summed E-state index contributed by atoms with van der Waals surface area (Å²) in [5, 5.41) is 0. The van der Waals surface area contributed by atoms with Crippen LogP contribution in [0.25, 0.3) is 0 Å². The van der Waals surface area contributed by atoms with Crippen molar-refractivity contribution in [1.82, 2.24) is 4.31 Å². The number of piperazine rings is 1. The minimum atomic E-state index is -3.44. The van der Waals surface area contributed by atoms with Crippen LogP contribution in [0.1, 0.15) is 6.92 Å². The maximum atomic E-state index is 12.6.